The molecule has 0 radical (unpaired) electrons. The van der Waals surface area contributed by atoms with Crippen molar-refractivity contribution in [1.82, 2.24) is 5.32 Å². The topological polar surface area (TPSA) is 72.5 Å². The van der Waals surface area contributed by atoms with Gasteiger partial charge in [-0.25, -0.2) is 8.42 Å². The Hall–Kier alpha value is -1.11. The van der Waals surface area contributed by atoms with Crippen molar-refractivity contribution in [3.63, 3.8) is 0 Å². The molecule has 1 aliphatic carbocycles. The summed E-state index contributed by atoms with van der Waals surface area (Å²) in [5, 5.41) is 2.89. The predicted molar refractivity (Wildman–Crippen MR) is 79.8 cm³/mol. The Balaban J connectivity index is 2.28. The van der Waals surface area contributed by atoms with Gasteiger partial charge in [-0.3, -0.25) is 4.79 Å². The molecule has 0 heterocycles. The lowest BCUT2D eigenvalue weighted by atomic mass is 10.1. The number of carbonyl (C=O) groups excluding carboxylic acids is 1. The van der Waals surface area contributed by atoms with E-state index in [2.05, 4.69) is 5.32 Å². The minimum Gasteiger partial charge on any atom is -0.380 e. The molecule has 1 amide bonds. The zero-order valence-electron chi connectivity index (χ0n) is 11.9. The van der Waals surface area contributed by atoms with Crippen LogP contribution in [0.4, 0.5) is 0 Å². The predicted octanol–water partition coefficient (Wildman–Crippen LogP) is 2.29. The molecule has 0 aliphatic heterocycles. The molecule has 1 aromatic carbocycles. The molecular weight excluding hydrogens is 314 g/mol. The van der Waals surface area contributed by atoms with Gasteiger partial charge in [-0.15, -0.1) is 0 Å². The van der Waals surface area contributed by atoms with Gasteiger partial charge in [-0.05, 0) is 49.4 Å². The molecule has 2 rings (SSSR count). The summed E-state index contributed by atoms with van der Waals surface area (Å²) in [6, 6.07) is 4.40. The van der Waals surface area contributed by atoms with Gasteiger partial charge >= 0.3 is 0 Å². The van der Waals surface area contributed by atoms with E-state index in [1.807, 2.05) is 6.92 Å². The highest BCUT2D eigenvalue weighted by molar-refractivity contribution is 8.13. The Morgan fingerprint density at radius 3 is 2.62 bits per heavy atom. The number of methoxy groups -OCH3 is 1. The summed E-state index contributed by atoms with van der Waals surface area (Å²) in [7, 11) is 2.97. The van der Waals surface area contributed by atoms with E-state index >= 15 is 0 Å². The van der Waals surface area contributed by atoms with Crippen LogP contribution in [0, 0.1) is 5.92 Å². The molecule has 1 saturated carbocycles. The van der Waals surface area contributed by atoms with Crippen LogP contribution in [0.15, 0.2) is 23.1 Å². The fraction of sp³-hybridized carbons (Fsp3) is 0.500. The van der Waals surface area contributed by atoms with Gasteiger partial charge in [0.25, 0.3) is 15.0 Å². The van der Waals surface area contributed by atoms with E-state index in [1.165, 1.54) is 19.2 Å². The minimum atomic E-state index is -3.90. The lowest BCUT2D eigenvalue weighted by Crippen LogP contribution is -2.34. The maximum atomic E-state index is 12.2. The molecule has 0 saturated heterocycles. The van der Waals surface area contributed by atoms with Gasteiger partial charge in [0.2, 0.25) is 0 Å². The SMILES string of the molecule is COCc1cc(C(=O)NC(C)C2CC2)cc(S(=O)(=O)Cl)c1. The van der Waals surface area contributed by atoms with Gasteiger partial charge in [0.05, 0.1) is 11.5 Å². The molecule has 1 N–H and O–H groups in total. The van der Waals surface area contributed by atoms with Gasteiger partial charge in [0.15, 0.2) is 0 Å². The first-order chi connectivity index (χ1) is 9.81. The highest BCUT2D eigenvalue weighted by Crippen LogP contribution is 2.32. The van der Waals surface area contributed by atoms with Crippen molar-refractivity contribution in [3.05, 3.63) is 29.3 Å². The quantitative estimate of drug-likeness (QED) is 0.812. The average molecular weight is 332 g/mol. The Morgan fingerprint density at radius 2 is 2.10 bits per heavy atom. The molecule has 0 bridgehead atoms. The van der Waals surface area contributed by atoms with E-state index in [0.29, 0.717) is 11.5 Å². The third kappa shape index (κ3) is 4.43. The lowest BCUT2D eigenvalue weighted by molar-refractivity contribution is 0.0935. The normalized spacial score (nSPS) is 16.5. The van der Waals surface area contributed by atoms with E-state index in [-0.39, 0.29) is 29.0 Å². The fourth-order valence-electron chi connectivity index (χ4n) is 2.19. The molecular formula is C14H18ClNO4S. The van der Waals surface area contributed by atoms with E-state index in [1.54, 1.807) is 6.07 Å². The number of carbonyl (C=O) groups is 1. The standard InChI is InChI=1S/C14H18ClNO4S/c1-9(11-3-4-11)16-14(17)12-5-10(8-20-2)6-13(7-12)21(15,18)19/h5-7,9,11H,3-4,8H2,1-2H3,(H,16,17). The first-order valence-electron chi connectivity index (χ1n) is 6.69. The summed E-state index contributed by atoms with van der Waals surface area (Å²) in [6.07, 6.45) is 2.24. The van der Waals surface area contributed by atoms with E-state index in [4.69, 9.17) is 15.4 Å². The molecule has 0 aromatic heterocycles. The second-order valence-electron chi connectivity index (χ2n) is 5.34. The summed E-state index contributed by atoms with van der Waals surface area (Å²) < 4.78 is 28.0. The number of nitrogens with one attached hydrogen (secondary N) is 1. The zero-order chi connectivity index (χ0) is 15.6. The van der Waals surface area contributed by atoms with Gasteiger partial charge in [0.1, 0.15) is 0 Å². The smallest absolute Gasteiger partial charge is 0.261 e. The zero-order valence-corrected chi connectivity index (χ0v) is 13.5. The molecule has 1 atom stereocenters. The molecule has 1 unspecified atom stereocenters. The van der Waals surface area contributed by atoms with Crippen LogP contribution in [0.3, 0.4) is 0 Å². The van der Waals surface area contributed by atoms with Crippen LogP contribution < -0.4 is 5.32 Å². The van der Waals surface area contributed by atoms with Crippen LogP contribution in [-0.4, -0.2) is 27.5 Å². The highest BCUT2D eigenvalue weighted by Gasteiger charge is 2.29. The molecule has 7 heteroatoms. The monoisotopic (exact) mass is 331 g/mol. The summed E-state index contributed by atoms with van der Waals surface area (Å²) in [5.41, 5.74) is 0.861. The van der Waals surface area contributed by atoms with Crippen LogP contribution in [0.1, 0.15) is 35.7 Å². The van der Waals surface area contributed by atoms with Crippen LogP contribution in [-0.2, 0) is 20.4 Å². The number of hydrogen-bond acceptors (Lipinski definition) is 4. The first-order valence-corrected chi connectivity index (χ1v) is 9.00. The second kappa shape index (κ2) is 6.34. The molecule has 5 nitrogen and oxygen atoms in total. The van der Waals surface area contributed by atoms with Crippen molar-refractivity contribution in [1.29, 1.82) is 0 Å². The van der Waals surface area contributed by atoms with Crippen LogP contribution in [0.2, 0.25) is 0 Å². The van der Waals surface area contributed by atoms with Crippen molar-refractivity contribution in [3.8, 4) is 0 Å². The summed E-state index contributed by atoms with van der Waals surface area (Å²) in [5.74, 6) is 0.223. The Labute approximate surface area is 129 Å². The van der Waals surface area contributed by atoms with Crippen molar-refractivity contribution in [2.45, 2.75) is 37.3 Å². The number of hydrogen-bond donors (Lipinski definition) is 1. The number of ether oxygens (including phenoxy) is 1. The molecule has 21 heavy (non-hydrogen) atoms. The Bertz CT molecular complexity index is 640. The van der Waals surface area contributed by atoms with Gasteiger partial charge < -0.3 is 10.1 Å². The highest BCUT2D eigenvalue weighted by atomic mass is 35.7. The fourth-order valence-corrected chi connectivity index (χ4v) is 3.01. The molecule has 0 spiro atoms. The molecule has 1 fully saturated rings. The van der Waals surface area contributed by atoms with Gasteiger partial charge in [-0.1, -0.05) is 0 Å². The number of amides is 1. The van der Waals surface area contributed by atoms with Crippen molar-refractivity contribution < 1.29 is 17.9 Å². The third-order valence-electron chi connectivity index (χ3n) is 3.51. The average Bonchev–Trinajstić information content (AvgIpc) is 3.21. The second-order valence-corrected chi connectivity index (χ2v) is 7.90. The first kappa shape index (κ1) is 16.3. The summed E-state index contributed by atoms with van der Waals surface area (Å²) in [6.45, 7) is 2.16. The maximum Gasteiger partial charge on any atom is 0.261 e. The van der Waals surface area contributed by atoms with Crippen LogP contribution in [0.5, 0.6) is 0 Å². The van der Waals surface area contributed by atoms with Crippen molar-refractivity contribution in [2.24, 2.45) is 5.92 Å². The number of benzene rings is 1. The van der Waals surface area contributed by atoms with E-state index in [9.17, 15) is 13.2 Å². The summed E-state index contributed by atoms with van der Waals surface area (Å²) >= 11 is 0. The van der Waals surface area contributed by atoms with E-state index in [0.717, 1.165) is 12.8 Å². The molecule has 116 valence electrons. The largest absolute Gasteiger partial charge is 0.380 e. The lowest BCUT2D eigenvalue weighted by Gasteiger charge is -2.14. The van der Waals surface area contributed by atoms with Crippen molar-refractivity contribution >= 4 is 25.6 Å². The number of halogens is 1. The van der Waals surface area contributed by atoms with Crippen LogP contribution in [0.25, 0.3) is 0 Å². The Kier molecular flexibility index (Phi) is 4.91. The minimum absolute atomic E-state index is 0.0830. The van der Waals surface area contributed by atoms with Crippen molar-refractivity contribution in [2.75, 3.05) is 7.11 Å². The number of rotatable bonds is 6. The Morgan fingerprint density at radius 1 is 1.43 bits per heavy atom. The van der Waals surface area contributed by atoms with Gasteiger partial charge in [0, 0.05) is 29.4 Å². The maximum absolute atomic E-state index is 12.2. The molecule has 1 aliphatic rings. The van der Waals surface area contributed by atoms with E-state index < -0.39 is 9.05 Å². The summed E-state index contributed by atoms with van der Waals surface area (Å²) in [4.78, 5) is 12.1. The van der Waals surface area contributed by atoms with Crippen LogP contribution >= 0.6 is 10.7 Å². The molecule has 1 aromatic rings. The van der Waals surface area contributed by atoms with Gasteiger partial charge in [-0.2, -0.15) is 0 Å². The third-order valence-corrected chi connectivity index (χ3v) is 4.84.